The lowest BCUT2D eigenvalue weighted by molar-refractivity contribution is 0.894. The summed E-state index contributed by atoms with van der Waals surface area (Å²) in [6.45, 7) is 0.499. The molecule has 0 aliphatic rings. The predicted octanol–water partition coefficient (Wildman–Crippen LogP) is 1.30. The molecule has 0 fully saturated rings. The molecule has 1 aromatic heterocycles. The van der Waals surface area contributed by atoms with E-state index in [0.29, 0.717) is 24.6 Å². The van der Waals surface area contributed by atoms with Gasteiger partial charge in [0.15, 0.2) is 5.82 Å². The van der Waals surface area contributed by atoms with Gasteiger partial charge in [-0.1, -0.05) is 22.0 Å². The SMILES string of the molecule is NCCc1c(N)nn(-c2cccc(Br)c2)c1N. The lowest BCUT2D eigenvalue weighted by Gasteiger charge is -2.04. The first-order chi connectivity index (χ1) is 8.13. The average molecular weight is 296 g/mol. The van der Waals surface area contributed by atoms with Gasteiger partial charge in [0.2, 0.25) is 0 Å². The highest BCUT2D eigenvalue weighted by Crippen LogP contribution is 2.24. The van der Waals surface area contributed by atoms with Crippen molar-refractivity contribution < 1.29 is 0 Å². The van der Waals surface area contributed by atoms with Gasteiger partial charge in [-0.15, -0.1) is 5.10 Å². The van der Waals surface area contributed by atoms with Crippen LogP contribution in [0.5, 0.6) is 0 Å². The number of hydrogen-bond acceptors (Lipinski definition) is 4. The Hall–Kier alpha value is -1.53. The van der Waals surface area contributed by atoms with Crippen molar-refractivity contribution in [2.75, 3.05) is 18.0 Å². The summed E-state index contributed by atoms with van der Waals surface area (Å²) in [5.41, 5.74) is 19.0. The lowest BCUT2D eigenvalue weighted by Crippen LogP contribution is -2.07. The van der Waals surface area contributed by atoms with Crippen LogP contribution in [-0.2, 0) is 6.42 Å². The zero-order valence-corrected chi connectivity index (χ0v) is 10.8. The minimum Gasteiger partial charge on any atom is -0.383 e. The Morgan fingerprint density at radius 1 is 1.29 bits per heavy atom. The summed E-state index contributed by atoms with van der Waals surface area (Å²) < 4.78 is 2.59. The number of aromatic nitrogens is 2. The Labute approximate surface area is 108 Å². The third kappa shape index (κ3) is 2.27. The van der Waals surface area contributed by atoms with Crippen molar-refractivity contribution in [1.82, 2.24) is 9.78 Å². The number of nitrogens with zero attached hydrogens (tertiary/aromatic N) is 2. The number of rotatable bonds is 3. The van der Waals surface area contributed by atoms with Crippen molar-refractivity contribution in [3.63, 3.8) is 0 Å². The first-order valence-corrected chi connectivity index (χ1v) is 6.01. The number of hydrogen-bond donors (Lipinski definition) is 3. The second-order valence-corrected chi connectivity index (χ2v) is 4.60. The van der Waals surface area contributed by atoms with Gasteiger partial charge in [0.25, 0.3) is 0 Å². The number of nitrogens with two attached hydrogens (primary N) is 3. The molecule has 1 aromatic carbocycles. The number of anilines is 2. The molecule has 0 bridgehead atoms. The van der Waals surface area contributed by atoms with E-state index in [1.807, 2.05) is 24.3 Å². The third-order valence-electron chi connectivity index (χ3n) is 2.50. The van der Waals surface area contributed by atoms with E-state index in [1.54, 1.807) is 4.68 Å². The molecule has 6 heteroatoms. The highest BCUT2D eigenvalue weighted by atomic mass is 79.9. The predicted molar refractivity (Wildman–Crippen MR) is 72.8 cm³/mol. The van der Waals surface area contributed by atoms with Gasteiger partial charge in [-0.05, 0) is 31.2 Å². The first kappa shape index (κ1) is 11.9. The fourth-order valence-corrected chi connectivity index (χ4v) is 2.07. The quantitative estimate of drug-likeness (QED) is 0.795. The summed E-state index contributed by atoms with van der Waals surface area (Å²) in [7, 11) is 0. The molecule has 0 aliphatic heterocycles. The highest BCUT2D eigenvalue weighted by Gasteiger charge is 2.13. The molecule has 0 amide bonds. The van der Waals surface area contributed by atoms with Crippen LogP contribution in [0, 0.1) is 0 Å². The average Bonchev–Trinajstić information content (AvgIpc) is 2.57. The summed E-state index contributed by atoms with van der Waals surface area (Å²) >= 11 is 3.41. The van der Waals surface area contributed by atoms with E-state index in [0.717, 1.165) is 15.7 Å². The minimum atomic E-state index is 0.438. The van der Waals surface area contributed by atoms with Gasteiger partial charge in [-0.2, -0.15) is 0 Å². The van der Waals surface area contributed by atoms with E-state index in [2.05, 4.69) is 21.0 Å². The zero-order chi connectivity index (χ0) is 12.4. The maximum absolute atomic E-state index is 6.02. The van der Waals surface area contributed by atoms with Gasteiger partial charge in [-0.3, -0.25) is 0 Å². The van der Waals surface area contributed by atoms with Gasteiger partial charge in [0, 0.05) is 10.0 Å². The molecular weight excluding hydrogens is 282 g/mol. The van der Waals surface area contributed by atoms with Crippen LogP contribution in [0.15, 0.2) is 28.7 Å². The zero-order valence-electron chi connectivity index (χ0n) is 9.23. The van der Waals surface area contributed by atoms with Crippen LogP contribution < -0.4 is 17.2 Å². The molecule has 0 atom stereocenters. The Morgan fingerprint density at radius 3 is 2.71 bits per heavy atom. The van der Waals surface area contributed by atoms with Crippen LogP contribution in [0.4, 0.5) is 11.6 Å². The maximum atomic E-state index is 6.02. The van der Waals surface area contributed by atoms with E-state index >= 15 is 0 Å². The second kappa shape index (κ2) is 4.77. The number of benzene rings is 1. The topological polar surface area (TPSA) is 95.9 Å². The molecule has 0 radical (unpaired) electrons. The van der Waals surface area contributed by atoms with Gasteiger partial charge in [-0.25, -0.2) is 4.68 Å². The minimum absolute atomic E-state index is 0.438. The van der Waals surface area contributed by atoms with Gasteiger partial charge in [0.05, 0.1) is 5.69 Å². The number of nitrogen functional groups attached to an aromatic ring is 2. The summed E-state index contributed by atoms with van der Waals surface area (Å²) in [6.07, 6.45) is 0.631. The Bertz CT molecular complexity index is 535. The van der Waals surface area contributed by atoms with Crippen molar-refractivity contribution in [2.45, 2.75) is 6.42 Å². The smallest absolute Gasteiger partial charge is 0.151 e. The molecule has 6 N–H and O–H groups in total. The van der Waals surface area contributed by atoms with Crippen molar-refractivity contribution in [2.24, 2.45) is 5.73 Å². The Balaban J connectivity index is 2.50. The number of halogens is 1. The standard InChI is InChI=1S/C11H14BrN5/c12-7-2-1-3-8(6-7)17-11(15)9(4-5-13)10(14)16-17/h1-3,6H,4-5,13,15H2,(H2,14,16). The molecule has 17 heavy (non-hydrogen) atoms. The molecule has 0 spiro atoms. The molecule has 1 heterocycles. The molecule has 2 aromatic rings. The molecule has 2 rings (SSSR count). The lowest BCUT2D eigenvalue weighted by atomic mass is 10.2. The monoisotopic (exact) mass is 295 g/mol. The van der Waals surface area contributed by atoms with Crippen LogP contribution in [0.2, 0.25) is 0 Å². The van der Waals surface area contributed by atoms with E-state index in [4.69, 9.17) is 17.2 Å². The molecule has 90 valence electrons. The van der Waals surface area contributed by atoms with Gasteiger partial charge >= 0.3 is 0 Å². The summed E-state index contributed by atoms with van der Waals surface area (Å²) in [5, 5.41) is 4.23. The van der Waals surface area contributed by atoms with Crippen molar-refractivity contribution in [3.8, 4) is 5.69 Å². The van der Waals surface area contributed by atoms with Crippen molar-refractivity contribution in [1.29, 1.82) is 0 Å². The molecule has 5 nitrogen and oxygen atoms in total. The van der Waals surface area contributed by atoms with Crippen molar-refractivity contribution in [3.05, 3.63) is 34.3 Å². The fourth-order valence-electron chi connectivity index (χ4n) is 1.69. The highest BCUT2D eigenvalue weighted by molar-refractivity contribution is 9.10. The van der Waals surface area contributed by atoms with Crippen molar-refractivity contribution >= 4 is 27.6 Å². The third-order valence-corrected chi connectivity index (χ3v) is 2.99. The Kier molecular flexibility index (Phi) is 3.35. The van der Waals surface area contributed by atoms with E-state index < -0.39 is 0 Å². The van der Waals surface area contributed by atoms with Crippen LogP contribution in [-0.4, -0.2) is 16.3 Å². The summed E-state index contributed by atoms with van der Waals surface area (Å²) in [5.74, 6) is 0.985. The largest absolute Gasteiger partial charge is 0.383 e. The maximum Gasteiger partial charge on any atom is 0.151 e. The fraction of sp³-hybridized carbons (Fsp3) is 0.182. The second-order valence-electron chi connectivity index (χ2n) is 3.68. The summed E-state index contributed by atoms with van der Waals surface area (Å²) in [4.78, 5) is 0. The molecule has 0 saturated heterocycles. The van der Waals surface area contributed by atoms with E-state index in [1.165, 1.54) is 0 Å². The molecule has 0 aliphatic carbocycles. The molecule has 0 saturated carbocycles. The van der Waals surface area contributed by atoms with Crippen LogP contribution in [0.1, 0.15) is 5.56 Å². The van der Waals surface area contributed by atoms with E-state index in [-0.39, 0.29) is 0 Å². The summed E-state index contributed by atoms with van der Waals surface area (Å²) in [6, 6.07) is 7.70. The normalized spacial score (nSPS) is 10.7. The van der Waals surface area contributed by atoms with Gasteiger partial charge < -0.3 is 17.2 Å². The molecular formula is C11H14BrN5. The van der Waals surface area contributed by atoms with E-state index in [9.17, 15) is 0 Å². The first-order valence-electron chi connectivity index (χ1n) is 5.22. The molecule has 0 unspecified atom stereocenters. The van der Waals surface area contributed by atoms with Crippen LogP contribution in [0.3, 0.4) is 0 Å². The van der Waals surface area contributed by atoms with Crippen LogP contribution in [0.25, 0.3) is 5.69 Å². The van der Waals surface area contributed by atoms with Crippen LogP contribution >= 0.6 is 15.9 Å². The Morgan fingerprint density at radius 2 is 2.06 bits per heavy atom. The van der Waals surface area contributed by atoms with Gasteiger partial charge in [0.1, 0.15) is 5.82 Å².